The third-order valence-electron chi connectivity index (χ3n) is 2.57. The molecule has 76 valence electrons. The third-order valence-corrected chi connectivity index (χ3v) is 2.57. The van der Waals surface area contributed by atoms with Gasteiger partial charge in [0.15, 0.2) is 5.78 Å². The van der Waals surface area contributed by atoms with E-state index in [0.29, 0.717) is 12.8 Å². The molecule has 0 aromatic carbocycles. The second kappa shape index (κ2) is 4.40. The molecule has 0 radical (unpaired) electrons. The Hall–Kier alpha value is -0.860. The first-order chi connectivity index (χ1) is 5.86. The second-order valence-corrected chi connectivity index (χ2v) is 3.90. The van der Waals surface area contributed by atoms with Gasteiger partial charge in [0.1, 0.15) is 5.92 Å². The molecule has 0 bridgehead atoms. The summed E-state index contributed by atoms with van der Waals surface area (Å²) in [6, 6.07) is 0. The van der Waals surface area contributed by atoms with Crippen LogP contribution in [0.5, 0.6) is 0 Å². The van der Waals surface area contributed by atoms with E-state index in [4.69, 9.17) is 5.11 Å². The molecular formula is C10H18O3. The minimum atomic E-state index is -1.01. The van der Waals surface area contributed by atoms with Crippen LogP contribution in [-0.4, -0.2) is 16.9 Å². The Labute approximate surface area is 79.1 Å². The largest absolute Gasteiger partial charge is 0.481 e. The zero-order chi connectivity index (χ0) is 10.6. The number of aliphatic carboxylic acids is 1. The predicted octanol–water partition coefficient (Wildman–Crippen LogP) is 2.10. The number of Topliss-reactive ketones (excluding diaryl/α,β-unsaturated/α-hetero) is 1. The fourth-order valence-corrected chi connectivity index (χ4v) is 1.12. The summed E-state index contributed by atoms with van der Waals surface area (Å²) in [5.41, 5.74) is -0.515. The average Bonchev–Trinajstić information content (AvgIpc) is 2.05. The van der Waals surface area contributed by atoms with E-state index in [1.165, 1.54) is 0 Å². The summed E-state index contributed by atoms with van der Waals surface area (Å²) >= 11 is 0. The molecule has 0 fully saturated rings. The first-order valence-electron chi connectivity index (χ1n) is 4.64. The van der Waals surface area contributed by atoms with Gasteiger partial charge in [0.2, 0.25) is 0 Å². The van der Waals surface area contributed by atoms with Crippen molar-refractivity contribution in [1.82, 2.24) is 0 Å². The smallest absolute Gasteiger partial charge is 0.314 e. The van der Waals surface area contributed by atoms with Gasteiger partial charge in [0, 0.05) is 5.41 Å². The van der Waals surface area contributed by atoms with Crippen molar-refractivity contribution in [3.63, 3.8) is 0 Å². The minimum Gasteiger partial charge on any atom is -0.481 e. The topological polar surface area (TPSA) is 54.4 Å². The van der Waals surface area contributed by atoms with Crippen molar-refractivity contribution in [1.29, 1.82) is 0 Å². The number of rotatable bonds is 5. The van der Waals surface area contributed by atoms with Crippen molar-refractivity contribution in [2.45, 2.75) is 40.5 Å². The number of ketones is 1. The number of hydrogen-bond acceptors (Lipinski definition) is 2. The fourth-order valence-electron chi connectivity index (χ4n) is 1.12. The Balaban J connectivity index is 4.65. The highest BCUT2D eigenvalue weighted by atomic mass is 16.4. The minimum absolute atomic E-state index is 0.162. The van der Waals surface area contributed by atoms with Gasteiger partial charge in [-0.1, -0.05) is 27.7 Å². The average molecular weight is 186 g/mol. The highest BCUT2D eigenvalue weighted by molar-refractivity contribution is 6.00. The van der Waals surface area contributed by atoms with E-state index < -0.39 is 17.3 Å². The lowest BCUT2D eigenvalue weighted by atomic mass is 9.78. The molecule has 0 heterocycles. The number of carbonyl (C=O) groups is 2. The molecule has 0 aliphatic heterocycles. The molecule has 0 rings (SSSR count). The molecular weight excluding hydrogens is 168 g/mol. The normalized spacial score (nSPS) is 13.8. The zero-order valence-electron chi connectivity index (χ0n) is 8.76. The van der Waals surface area contributed by atoms with Crippen molar-refractivity contribution >= 4 is 11.8 Å². The van der Waals surface area contributed by atoms with Crippen molar-refractivity contribution in [3.8, 4) is 0 Å². The van der Waals surface area contributed by atoms with Gasteiger partial charge in [-0.25, -0.2) is 0 Å². The van der Waals surface area contributed by atoms with Gasteiger partial charge in [0.05, 0.1) is 0 Å². The van der Waals surface area contributed by atoms with Crippen molar-refractivity contribution in [2.75, 3.05) is 0 Å². The second-order valence-electron chi connectivity index (χ2n) is 3.90. The quantitative estimate of drug-likeness (QED) is 0.669. The molecule has 3 nitrogen and oxygen atoms in total. The molecule has 0 aliphatic rings. The van der Waals surface area contributed by atoms with Gasteiger partial charge in [-0.3, -0.25) is 9.59 Å². The zero-order valence-corrected chi connectivity index (χ0v) is 8.76. The summed E-state index contributed by atoms with van der Waals surface area (Å²) in [6.45, 7) is 7.21. The van der Waals surface area contributed by atoms with Gasteiger partial charge >= 0.3 is 5.97 Å². The number of hydrogen-bond donors (Lipinski definition) is 1. The van der Waals surface area contributed by atoms with Crippen molar-refractivity contribution in [3.05, 3.63) is 0 Å². The van der Waals surface area contributed by atoms with Crippen LogP contribution in [-0.2, 0) is 9.59 Å². The van der Waals surface area contributed by atoms with Crippen molar-refractivity contribution < 1.29 is 14.7 Å². The summed E-state index contributed by atoms with van der Waals surface area (Å²) < 4.78 is 0. The van der Waals surface area contributed by atoms with Gasteiger partial charge in [-0.15, -0.1) is 0 Å². The molecule has 0 amide bonds. The van der Waals surface area contributed by atoms with Crippen LogP contribution in [0.4, 0.5) is 0 Å². The molecule has 0 spiro atoms. The summed E-state index contributed by atoms with van der Waals surface area (Å²) in [4.78, 5) is 22.4. The van der Waals surface area contributed by atoms with E-state index in [-0.39, 0.29) is 5.78 Å². The lowest BCUT2D eigenvalue weighted by molar-refractivity contribution is -0.149. The van der Waals surface area contributed by atoms with Crippen LogP contribution in [0.3, 0.4) is 0 Å². The number of carboxylic acid groups (broad SMARTS) is 1. The predicted molar refractivity (Wildman–Crippen MR) is 50.5 cm³/mol. The molecule has 0 aromatic heterocycles. The van der Waals surface area contributed by atoms with Gasteiger partial charge in [-0.2, -0.15) is 0 Å². The summed E-state index contributed by atoms with van der Waals surface area (Å²) in [6.07, 6.45) is 1.05. The Morgan fingerprint density at radius 3 is 2.00 bits per heavy atom. The molecule has 0 aromatic rings. The first-order valence-corrected chi connectivity index (χ1v) is 4.64. The Kier molecular flexibility index (Phi) is 4.11. The summed E-state index contributed by atoms with van der Waals surface area (Å²) in [5.74, 6) is -2.01. The van der Waals surface area contributed by atoms with Crippen LogP contribution in [0, 0.1) is 11.3 Å². The fraction of sp³-hybridized carbons (Fsp3) is 0.800. The lowest BCUT2D eigenvalue weighted by Crippen LogP contribution is -2.34. The maximum absolute atomic E-state index is 11.7. The highest BCUT2D eigenvalue weighted by Crippen LogP contribution is 2.26. The van der Waals surface area contributed by atoms with Crippen LogP contribution in [0.2, 0.25) is 0 Å². The lowest BCUT2D eigenvalue weighted by Gasteiger charge is -2.24. The molecule has 1 atom stereocenters. The van der Waals surface area contributed by atoms with Gasteiger partial charge in [0.25, 0.3) is 0 Å². The number of carboxylic acids is 1. The van der Waals surface area contributed by atoms with E-state index >= 15 is 0 Å². The SMILES string of the molecule is CCC(C(=O)O)C(=O)C(C)(C)CC. The van der Waals surface area contributed by atoms with E-state index in [1.54, 1.807) is 20.8 Å². The van der Waals surface area contributed by atoms with Crippen LogP contribution in [0.1, 0.15) is 40.5 Å². The van der Waals surface area contributed by atoms with E-state index in [0.717, 1.165) is 0 Å². The molecule has 1 unspecified atom stereocenters. The van der Waals surface area contributed by atoms with Crippen molar-refractivity contribution in [2.24, 2.45) is 11.3 Å². The molecule has 1 N–H and O–H groups in total. The molecule has 0 saturated carbocycles. The van der Waals surface area contributed by atoms with Gasteiger partial charge in [-0.05, 0) is 12.8 Å². The monoisotopic (exact) mass is 186 g/mol. The summed E-state index contributed by atoms with van der Waals surface area (Å²) in [5, 5.41) is 8.78. The molecule has 13 heavy (non-hydrogen) atoms. The Morgan fingerprint density at radius 1 is 1.31 bits per heavy atom. The highest BCUT2D eigenvalue weighted by Gasteiger charge is 2.34. The maximum Gasteiger partial charge on any atom is 0.314 e. The Bertz CT molecular complexity index is 206. The van der Waals surface area contributed by atoms with Crippen LogP contribution >= 0.6 is 0 Å². The summed E-state index contributed by atoms with van der Waals surface area (Å²) in [7, 11) is 0. The first kappa shape index (κ1) is 12.1. The maximum atomic E-state index is 11.7. The molecule has 0 aliphatic carbocycles. The number of carbonyl (C=O) groups excluding carboxylic acids is 1. The molecule has 0 saturated heterocycles. The van der Waals surface area contributed by atoms with Gasteiger partial charge < -0.3 is 5.11 Å². The Morgan fingerprint density at radius 2 is 1.77 bits per heavy atom. The van der Waals surface area contributed by atoms with Crippen LogP contribution in [0.15, 0.2) is 0 Å². The molecule has 3 heteroatoms. The standard InChI is InChI=1S/C10H18O3/c1-5-7(9(12)13)8(11)10(3,4)6-2/h7H,5-6H2,1-4H3,(H,12,13). The van der Waals surface area contributed by atoms with Crippen LogP contribution < -0.4 is 0 Å². The van der Waals surface area contributed by atoms with E-state index in [9.17, 15) is 9.59 Å². The van der Waals surface area contributed by atoms with E-state index in [2.05, 4.69) is 0 Å². The van der Waals surface area contributed by atoms with Crippen LogP contribution in [0.25, 0.3) is 0 Å². The third kappa shape index (κ3) is 2.83. The van der Waals surface area contributed by atoms with E-state index in [1.807, 2.05) is 6.92 Å².